The quantitative estimate of drug-likeness (QED) is 0.771. The van der Waals surface area contributed by atoms with Gasteiger partial charge < -0.3 is 15.0 Å². The standard InChI is InChI=1S/C20H21ClN2O4/c1-13-4-6-15(7-5-13)11-22-19(25)12-23(14(2)24)18-10-16(20(26)27-3)8-9-17(18)21/h4-10H,11-12H2,1-3H3,(H,22,25). The second-order valence-electron chi connectivity index (χ2n) is 6.03. The minimum Gasteiger partial charge on any atom is -0.465 e. The van der Waals surface area contributed by atoms with E-state index < -0.39 is 5.97 Å². The Kier molecular flexibility index (Phi) is 6.96. The van der Waals surface area contributed by atoms with Crippen molar-refractivity contribution in [2.75, 3.05) is 18.6 Å². The Morgan fingerprint density at radius 1 is 1.11 bits per heavy atom. The lowest BCUT2D eigenvalue weighted by Crippen LogP contribution is -2.39. The van der Waals surface area contributed by atoms with E-state index in [1.165, 1.54) is 37.1 Å². The fraction of sp³-hybridized carbons (Fsp3) is 0.250. The first-order valence-corrected chi connectivity index (χ1v) is 8.68. The van der Waals surface area contributed by atoms with Gasteiger partial charge in [0.25, 0.3) is 0 Å². The van der Waals surface area contributed by atoms with Crippen molar-refractivity contribution in [1.29, 1.82) is 0 Å². The molecule has 0 fully saturated rings. The minimum absolute atomic E-state index is 0.217. The number of anilines is 1. The number of aryl methyl sites for hydroxylation is 1. The number of rotatable bonds is 6. The van der Waals surface area contributed by atoms with E-state index in [9.17, 15) is 14.4 Å². The molecule has 2 aromatic carbocycles. The van der Waals surface area contributed by atoms with Gasteiger partial charge in [0.1, 0.15) is 6.54 Å². The van der Waals surface area contributed by atoms with Crippen LogP contribution < -0.4 is 10.2 Å². The topological polar surface area (TPSA) is 75.7 Å². The van der Waals surface area contributed by atoms with Crippen molar-refractivity contribution in [3.8, 4) is 0 Å². The van der Waals surface area contributed by atoms with Crippen molar-refractivity contribution in [2.45, 2.75) is 20.4 Å². The number of hydrogen-bond donors (Lipinski definition) is 1. The van der Waals surface area contributed by atoms with Crippen LogP contribution in [-0.2, 0) is 20.9 Å². The van der Waals surface area contributed by atoms with Crippen molar-refractivity contribution in [2.24, 2.45) is 0 Å². The Bertz CT molecular complexity index is 850. The zero-order valence-electron chi connectivity index (χ0n) is 15.4. The first kappa shape index (κ1) is 20.5. The molecule has 142 valence electrons. The molecule has 0 saturated heterocycles. The average molecular weight is 389 g/mol. The zero-order chi connectivity index (χ0) is 20.0. The highest BCUT2D eigenvalue weighted by Crippen LogP contribution is 2.27. The van der Waals surface area contributed by atoms with Gasteiger partial charge in [0.15, 0.2) is 0 Å². The predicted octanol–water partition coefficient (Wildman–Crippen LogP) is 3.10. The highest BCUT2D eigenvalue weighted by molar-refractivity contribution is 6.34. The number of ether oxygens (including phenoxy) is 1. The summed E-state index contributed by atoms with van der Waals surface area (Å²) in [5.74, 6) is -1.27. The molecule has 2 rings (SSSR count). The molecule has 2 amide bonds. The molecule has 7 heteroatoms. The van der Waals surface area contributed by atoms with E-state index in [1.54, 1.807) is 0 Å². The van der Waals surface area contributed by atoms with Crippen LogP contribution in [0.5, 0.6) is 0 Å². The second kappa shape index (κ2) is 9.19. The second-order valence-corrected chi connectivity index (χ2v) is 6.43. The first-order chi connectivity index (χ1) is 12.8. The lowest BCUT2D eigenvalue weighted by Gasteiger charge is -2.22. The van der Waals surface area contributed by atoms with E-state index in [4.69, 9.17) is 11.6 Å². The van der Waals surface area contributed by atoms with Crippen LogP contribution in [-0.4, -0.2) is 31.4 Å². The number of methoxy groups -OCH3 is 1. The number of nitrogens with zero attached hydrogens (tertiary/aromatic N) is 1. The molecule has 0 unspecified atom stereocenters. The van der Waals surface area contributed by atoms with Gasteiger partial charge in [-0.3, -0.25) is 9.59 Å². The lowest BCUT2D eigenvalue weighted by molar-refractivity contribution is -0.123. The first-order valence-electron chi connectivity index (χ1n) is 8.30. The van der Waals surface area contributed by atoms with Crippen LogP contribution in [0.3, 0.4) is 0 Å². The smallest absolute Gasteiger partial charge is 0.337 e. The van der Waals surface area contributed by atoms with Gasteiger partial charge in [0, 0.05) is 13.5 Å². The van der Waals surface area contributed by atoms with Crippen LogP contribution in [0.2, 0.25) is 5.02 Å². The summed E-state index contributed by atoms with van der Waals surface area (Å²) in [4.78, 5) is 37.3. The molecule has 2 aromatic rings. The fourth-order valence-electron chi connectivity index (χ4n) is 2.44. The van der Waals surface area contributed by atoms with Crippen molar-refractivity contribution in [3.05, 3.63) is 64.2 Å². The average Bonchev–Trinajstić information content (AvgIpc) is 2.65. The number of amides is 2. The summed E-state index contributed by atoms with van der Waals surface area (Å²) in [5.41, 5.74) is 2.60. The highest BCUT2D eigenvalue weighted by Gasteiger charge is 2.20. The van der Waals surface area contributed by atoms with Crippen molar-refractivity contribution < 1.29 is 19.1 Å². The molecule has 0 aliphatic heterocycles. The third-order valence-electron chi connectivity index (χ3n) is 3.95. The number of hydrogen-bond acceptors (Lipinski definition) is 4. The van der Waals surface area contributed by atoms with Gasteiger partial charge in [0.2, 0.25) is 11.8 Å². The largest absolute Gasteiger partial charge is 0.465 e. The molecule has 1 N–H and O–H groups in total. The zero-order valence-corrected chi connectivity index (χ0v) is 16.2. The SMILES string of the molecule is COC(=O)c1ccc(Cl)c(N(CC(=O)NCc2ccc(C)cc2)C(C)=O)c1. The third kappa shape index (κ3) is 5.56. The van der Waals surface area contributed by atoms with E-state index in [2.05, 4.69) is 10.1 Å². The summed E-state index contributed by atoms with van der Waals surface area (Å²) < 4.78 is 4.68. The van der Waals surface area contributed by atoms with E-state index in [-0.39, 0.29) is 34.6 Å². The van der Waals surface area contributed by atoms with E-state index in [0.717, 1.165) is 11.1 Å². The van der Waals surface area contributed by atoms with Gasteiger partial charge >= 0.3 is 5.97 Å². The summed E-state index contributed by atoms with van der Waals surface area (Å²) in [5, 5.41) is 3.03. The Morgan fingerprint density at radius 2 is 1.78 bits per heavy atom. The van der Waals surface area contributed by atoms with E-state index >= 15 is 0 Å². The maximum Gasteiger partial charge on any atom is 0.337 e. The molecular formula is C20H21ClN2O4. The third-order valence-corrected chi connectivity index (χ3v) is 4.27. The Balaban J connectivity index is 2.13. The van der Waals surface area contributed by atoms with E-state index in [0.29, 0.717) is 6.54 Å². The molecule has 0 atom stereocenters. The molecular weight excluding hydrogens is 368 g/mol. The maximum atomic E-state index is 12.3. The number of halogens is 1. The Hall–Kier alpha value is -2.86. The molecule has 27 heavy (non-hydrogen) atoms. The van der Waals surface area contributed by atoms with Crippen LogP contribution in [0.25, 0.3) is 0 Å². The molecule has 0 radical (unpaired) electrons. The number of carbonyl (C=O) groups excluding carboxylic acids is 3. The van der Waals surface area contributed by atoms with Crippen molar-refractivity contribution >= 4 is 35.1 Å². The maximum absolute atomic E-state index is 12.3. The van der Waals surface area contributed by atoms with Crippen molar-refractivity contribution in [3.63, 3.8) is 0 Å². The monoisotopic (exact) mass is 388 g/mol. The van der Waals surface area contributed by atoms with Crippen LogP contribution in [0.4, 0.5) is 5.69 Å². The Labute approximate surface area is 163 Å². The molecule has 0 spiro atoms. The lowest BCUT2D eigenvalue weighted by atomic mass is 10.1. The van der Waals surface area contributed by atoms with Gasteiger partial charge in [0.05, 0.1) is 23.4 Å². The van der Waals surface area contributed by atoms with Gasteiger partial charge in [-0.25, -0.2) is 4.79 Å². The number of carbonyl (C=O) groups is 3. The normalized spacial score (nSPS) is 10.2. The summed E-state index contributed by atoms with van der Waals surface area (Å²) in [6.45, 7) is 3.44. The molecule has 0 aromatic heterocycles. The van der Waals surface area contributed by atoms with E-state index in [1.807, 2.05) is 31.2 Å². The van der Waals surface area contributed by atoms with Crippen molar-refractivity contribution in [1.82, 2.24) is 5.32 Å². The summed E-state index contributed by atoms with van der Waals surface area (Å²) in [7, 11) is 1.26. The summed E-state index contributed by atoms with van der Waals surface area (Å²) in [6.07, 6.45) is 0. The number of nitrogens with one attached hydrogen (secondary N) is 1. The molecule has 0 aliphatic rings. The minimum atomic E-state index is -0.555. The van der Waals surface area contributed by atoms with Crippen LogP contribution in [0, 0.1) is 6.92 Å². The predicted molar refractivity (Wildman–Crippen MR) is 104 cm³/mol. The summed E-state index contributed by atoms with van der Waals surface area (Å²) in [6, 6.07) is 12.2. The van der Waals surface area contributed by atoms with Gasteiger partial charge in [-0.2, -0.15) is 0 Å². The van der Waals surface area contributed by atoms with Crippen LogP contribution in [0.1, 0.15) is 28.4 Å². The molecule has 0 heterocycles. The fourth-order valence-corrected chi connectivity index (χ4v) is 2.66. The molecule has 6 nitrogen and oxygen atoms in total. The molecule has 0 saturated carbocycles. The van der Waals surface area contributed by atoms with Gasteiger partial charge in [-0.1, -0.05) is 41.4 Å². The number of esters is 1. The number of benzene rings is 2. The molecule has 0 aliphatic carbocycles. The van der Waals surface area contributed by atoms with Gasteiger partial charge in [-0.05, 0) is 30.7 Å². The summed E-state index contributed by atoms with van der Waals surface area (Å²) >= 11 is 6.18. The highest BCUT2D eigenvalue weighted by atomic mass is 35.5. The molecule has 0 bridgehead atoms. The Morgan fingerprint density at radius 3 is 2.37 bits per heavy atom. The van der Waals surface area contributed by atoms with Crippen LogP contribution in [0.15, 0.2) is 42.5 Å². The van der Waals surface area contributed by atoms with Crippen LogP contribution >= 0.6 is 11.6 Å². The van der Waals surface area contributed by atoms with Gasteiger partial charge in [-0.15, -0.1) is 0 Å².